The minimum Gasteiger partial charge on any atom is -0.373 e. The van der Waals surface area contributed by atoms with Crippen LogP contribution in [0, 0.1) is 13.8 Å². The number of benzene rings is 1. The SMILES string of the molecule is Cc1cc(C)c2c(c1)C(CN)CN2C. The topological polar surface area (TPSA) is 29.3 Å². The zero-order chi connectivity index (χ0) is 10.3. The lowest BCUT2D eigenvalue weighted by molar-refractivity contribution is 0.730. The van der Waals surface area contributed by atoms with Gasteiger partial charge < -0.3 is 10.6 Å². The summed E-state index contributed by atoms with van der Waals surface area (Å²) >= 11 is 0. The lowest BCUT2D eigenvalue weighted by Gasteiger charge is -2.14. The fourth-order valence-corrected chi connectivity index (χ4v) is 2.55. The van der Waals surface area contributed by atoms with Gasteiger partial charge in [0.1, 0.15) is 0 Å². The third-order valence-electron chi connectivity index (χ3n) is 3.07. The van der Waals surface area contributed by atoms with E-state index in [4.69, 9.17) is 5.73 Å². The maximum atomic E-state index is 5.78. The first-order valence-electron chi connectivity index (χ1n) is 5.16. The largest absolute Gasteiger partial charge is 0.373 e. The molecule has 0 amide bonds. The van der Waals surface area contributed by atoms with E-state index in [2.05, 4.69) is 37.9 Å². The van der Waals surface area contributed by atoms with Gasteiger partial charge in [-0.3, -0.25) is 0 Å². The van der Waals surface area contributed by atoms with Crippen molar-refractivity contribution in [3.8, 4) is 0 Å². The Kier molecular flexibility index (Phi) is 2.23. The molecule has 1 heterocycles. The Balaban J connectivity index is 2.56. The lowest BCUT2D eigenvalue weighted by Crippen LogP contribution is -2.20. The fraction of sp³-hybridized carbons (Fsp3) is 0.500. The van der Waals surface area contributed by atoms with Gasteiger partial charge in [0, 0.05) is 31.7 Å². The number of fused-ring (bicyclic) bond motifs is 1. The van der Waals surface area contributed by atoms with Crippen LogP contribution >= 0.6 is 0 Å². The fourth-order valence-electron chi connectivity index (χ4n) is 2.55. The van der Waals surface area contributed by atoms with E-state index in [1.807, 2.05) is 0 Å². The summed E-state index contributed by atoms with van der Waals surface area (Å²) in [4.78, 5) is 2.32. The molecule has 1 aliphatic rings. The van der Waals surface area contributed by atoms with Crippen molar-refractivity contribution >= 4 is 5.69 Å². The molecule has 14 heavy (non-hydrogen) atoms. The molecule has 1 atom stereocenters. The molecule has 1 unspecified atom stereocenters. The van der Waals surface area contributed by atoms with Crippen molar-refractivity contribution in [3.05, 3.63) is 28.8 Å². The minimum atomic E-state index is 0.522. The molecular formula is C12H18N2. The predicted octanol–water partition coefficient (Wildman–Crippen LogP) is 1.80. The van der Waals surface area contributed by atoms with Crippen LogP contribution in [0.3, 0.4) is 0 Å². The Hall–Kier alpha value is -1.02. The standard InChI is InChI=1S/C12H18N2/c1-8-4-9(2)12-11(5-8)10(6-13)7-14(12)3/h4-5,10H,6-7,13H2,1-3H3. The average Bonchev–Trinajstić information content (AvgIpc) is 2.42. The molecule has 0 spiro atoms. The first-order valence-corrected chi connectivity index (χ1v) is 5.16. The van der Waals surface area contributed by atoms with Crippen LogP contribution in [0.15, 0.2) is 12.1 Å². The zero-order valence-electron chi connectivity index (χ0n) is 9.17. The average molecular weight is 190 g/mol. The van der Waals surface area contributed by atoms with Crippen LogP contribution in [0.25, 0.3) is 0 Å². The highest BCUT2D eigenvalue weighted by atomic mass is 15.1. The Bertz CT molecular complexity index is 358. The maximum Gasteiger partial charge on any atom is 0.0430 e. The van der Waals surface area contributed by atoms with Gasteiger partial charge in [0.25, 0.3) is 0 Å². The molecule has 2 N–H and O–H groups in total. The van der Waals surface area contributed by atoms with Crippen molar-refractivity contribution in [2.24, 2.45) is 5.73 Å². The van der Waals surface area contributed by atoms with Crippen molar-refractivity contribution in [1.82, 2.24) is 0 Å². The van der Waals surface area contributed by atoms with E-state index in [0.717, 1.165) is 13.1 Å². The molecule has 1 aliphatic heterocycles. The van der Waals surface area contributed by atoms with Crippen LogP contribution in [-0.2, 0) is 0 Å². The number of nitrogens with two attached hydrogens (primary N) is 1. The van der Waals surface area contributed by atoms with Crippen molar-refractivity contribution in [3.63, 3.8) is 0 Å². The summed E-state index contributed by atoms with van der Waals surface area (Å²) in [6.45, 7) is 6.15. The molecule has 2 heteroatoms. The number of hydrogen-bond donors (Lipinski definition) is 1. The highest BCUT2D eigenvalue weighted by molar-refractivity contribution is 5.65. The van der Waals surface area contributed by atoms with E-state index in [1.165, 1.54) is 22.4 Å². The molecule has 2 nitrogen and oxygen atoms in total. The first kappa shape index (κ1) is 9.53. The molecule has 0 aliphatic carbocycles. The van der Waals surface area contributed by atoms with E-state index in [1.54, 1.807) is 0 Å². The third-order valence-corrected chi connectivity index (χ3v) is 3.07. The van der Waals surface area contributed by atoms with Gasteiger partial charge >= 0.3 is 0 Å². The Morgan fingerprint density at radius 3 is 2.79 bits per heavy atom. The quantitative estimate of drug-likeness (QED) is 0.731. The molecule has 0 radical (unpaired) electrons. The van der Waals surface area contributed by atoms with Crippen molar-refractivity contribution in [1.29, 1.82) is 0 Å². The minimum absolute atomic E-state index is 0.522. The molecule has 1 aromatic rings. The van der Waals surface area contributed by atoms with Crippen LogP contribution in [-0.4, -0.2) is 20.1 Å². The van der Waals surface area contributed by atoms with E-state index in [0.29, 0.717) is 5.92 Å². The van der Waals surface area contributed by atoms with Gasteiger partial charge in [0.15, 0.2) is 0 Å². The predicted molar refractivity (Wildman–Crippen MR) is 61.0 cm³/mol. The number of aryl methyl sites for hydroxylation is 2. The zero-order valence-corrected chi connectivity index (χ0v) is 9.17. The molecule has 0 saturated heterocycles. The van der Waals surface area contributed by atoms with Gasteiger partial charge in [-0.25, -0.2) is 0 Å². The van der Waals surface area contributed by atoms with Crippen LogP contribution in [0.5, 0.6) is 0 Å². The first-order chi connectivity index (χ1) is 6.63. The van der Waals surface area contributed by atoms with Gasteiger partial charge in [-0.2, -0.15) is 0 Å². The highest BCUT2D eigenvalue weighted by Gasteiger charge is 2.26. The highest BCUT2D eigenvalue weighted by Crippen LogP contribution is 2.37. The summed E-state index contributed by atoms with van der Waals surface area (Å²) < 4.78 is 0. The van der Waals surface area contributed by atoms with Crippen LogP contribution in [0.4, 0.5) is 5.69 Å². The van der Waals surface area contributed by atoms with Crippen molar-refractivity contribution < 1.29 is 0 Å². The van der Waals surface area contributed by atoms with Crippen molar-refractivity contribution in [2.75, 3.05) is 25.0 Å². The van der Waals surface area contributed by atoms with E-state index < -0.39 is 0 Å². The Morgan fingerprint density at radius 2 is 2.14 bits per heavy atom. The normalized spacial score (nSPS) is 20.0. The number of hydrogen-bond acceptors (Lipinski definition) is 2. The summed E-state index contributed by atoms with van der Waals surface area (Å²) in [6, 6.07) is 4.53. The van der Waals surface area contributed by atoms with Gasteiger partial charge in [-0.1, -0.05) is 17.7 Å². The van der Waals surface area contributed by atoms with Gasteiger partial charge in [-0.15, -0.1) is 0 Å². The summed E-state index contributed by atoms with van der Waals surface area (Å²) in [5, 5.41) is 0. The third kappa shape index (κ3) is 1.30. The van der Waals surface area contributed by atoms with Crippen LogP contribution in [0.2, 0.25) is 0 Å². The van der Waals surface area contributed by atoms with Crippen LogP contribution in [0.1, 0.15) is 22.6 Å². The van der Waals surface area contributed by atoms with Crippen molar-refractivity contribution in [2.45, 2.75) is 19.8 Å². The van der Waals surface area contributed by atoms with Gasteiger partial charge in [0.05, 0.1) is 0 Å². The van der Waals surface area contributed by atoms with Gasteiger partial charge in [0.2, 0.25) is 0 Å². The molecule has 0 fully saturated rings. The monoisotopic (exact) mass is 190 g/mol. The number of nitrogens with zero attached hydrogens (tertiary/aromatic N) is 1. The summed E-state index contributed by atoms with van der Waals surface area (Å²) in [6.07, 6.45) is 0. The molecular weight excluding hydrogens is 172 g/mol. The second kappa shape index (κ2) is 3.28. The molecule has 76 valence electrons. The summed E-state index contributed by atoms with van der Waals surface area (Å²) in [5.74, 6) is 0.522. The van der Waals surface area contributed by atoms with Crippen LogP contribution < -0.4 is 10.6 Å². The summed E-state index contributed by atoms with van der Waals surface area (Å²) in [5.41, 5.74) is 11.3. The molecule has 0 aromatic heterocycles. The maximum absolute atomic E-state index is 5.78. The Morgan fingerprint density at radius 1 is 1.43 bits per heavy atom. The second-order valence-electron chi connectivity index (χ2n) is 4.33. The molecule has 2 rings (SSSR count). The summed E-state index contributed by atoms with van der Waals surface area (Å²) in [7, 11) is 2.15. The molecule has 0 bridgehead atoms. The second-order valence-corrected chi connectivity index (χ2v) is 4.33. The van der Waals surface area contributed by atoms with E-state index in [9.17, 15) is 0 Å². The molecule has 1 aromatic carbocycles. The smallest absolute Gasteiger partial charge is 0.0430 e. The lowest BCUT2D eigenvalue weighted by atomic mass is 9.97. The number of anilines is 1. The van der Waals surface area contributed by atoms with E-state index >= 15 is 0 Å². The number of likely N-dealkylation sites (N-methyl/N-ethyl adjacent to an activating group) is 1. The van der Waals surface area contributed by atoms with Gasteiger partial charge in [-0.05, 0) is 25.0 Å². The molecule has 0 saturated carbocycles. The number of rotatable bonds is 1. The van der Waals surface area contributed by atoms with E-state index in [-0.39, 0.29) is 0 Å². The Labute approximate surface area is 85.7 Å².